The minimum atomic E-state index is 0.0516. The first-order chi connectivity index (χ1) is 7.78. The van der Waals surface area contributed by atoms with Crippen molar-refractivity contribution in [3.63, 3.8) is 0 Å². The van der Waals surface area contributed by atoms with Crippen LogP contribution >= 0.6 is 0 Å². The van der Waals surface area contributed by atoms with E-state index in [1.54, 1.807) is 0 Å². The van der Waals surface area contributed by atoms with Crippen LogP contribution < -0.4 is 10.1 Å². The Bertz CT molecular complexity index is 413. The Morgan fingerprint density at radius 1 is 1.56 bits per heavy atom. The smallest absolute Gasteiger partial charge is 0.336 e. The molecule has 6 nitrogen and oxygen atoms in total. The Morgan fingerprint density at radius 2 is 2.38 bits per heavy atom. The number of anilines is 1. The van der Waals surface area contributed by atoms with Gasteiger partial charge in [-0.3, -0.25) is 10.1 Å². The largest absolute Gasteiger partial charge is 0.466 e. The second-order valence-corrected chi connectivity index (χ2v) is 4.50. The first-order valence-electron chi connectivity index (χ1n) is 5.55. The van der Waals surface area contributed by atoms with E-state index in [2.05, 4.69) is 20.5 Å². The molecule has 16 heavy (non-hydrogen) atoms. The number of nitrogens with zero attached hydrogens (tertiary/aromatic N) is 2. The Hall–Kier alpha value is -1.59. The van der Waals surface area contributed by atoms with Crippen LogP contribution in [0.4, 0.5) is 5.95 Å². The zero-order valence-electron chi connectivity index (χ0n) is 9.06. The van der Waals surface area contributed by atoms with Gasteiger partial charge < -0.3 is 4.74 Å². The molecule has 6 heteroatoms. The first-order valence-corrected chi connectivity index (χ1v) is 5.55. The van der Waals surface area contributed by atoms with Gasteiger partial charge in [-0.2, -0.15) is 4.98 Å². The number of carbonyl (C=O) groups is 1. The van der Waals surface area contributed by atoms with Crippen LogP contribution in [0.3, 0.4) is 0 Å². The third kappa shape index (κ3) is 1.75. The maximum atomic E-state index is 11.8. The fraction of sp³-hybridized carbons (Fsp3) is 0.700. The number of rotatable bonds is 4. The molecule has 2 atom stereocenters. The molecule has 2 aliphatic carbocycles. The highest BCUT2D eigenvalue weighted by atomic mass is 16.5. The van der Waals surface area contributed by atoms with Crippen LogP contribution in [-0.2, 0) is 4.79 Å². The molecule has 0 unspecified atom stereocenters. The summed E-state index contributed by atoms with van der Waals surface area (Å²) in [5.74, 6) is 2.02. The molecule has 1 aromatic rings. The summed E-state index contributed by atoms with van der Waals surface area (Å²) in [5.41, 5.74) is 0. The second kappa shape index (κ2) is 3.47. The van der Waals surface area contributed by atoms with Gasteiger partial charge in [0.15, 0.2) is 0 Å². The van der Waals surface area contributed by atoms with Gasteiger partial charge in [0.1, 0.15) is 0 Å². The lowest BCUT2D eigenvalue weighted by Gasteiger charge is -1.99. The molecule has 2 aliphatic rings. The number of ether oxygens (including phenoxy) is 1. The van der Waals surface area contributed by atoms with Crippen LogP contribution in [0.25, 0.3) is 0 Å². The monoisotopic (exact) mass is 222 g/mol. The molecule has 1 aromatic heterocycles. The molecule has 0 spiro atoms. The highest BCUT2D eigenvalue weighted by molar-refractivity contribution is 5.93. The van der Waals surface area contributed by atoms with Gasteiger partial charge in [-0.15, -0.1) is 5.10 Å². The molecule has 2 fully saturated rings. The fourth-order valence-electron chi connectivity index (χ4n) is 2.16. The number of H-pyrrole nitrogens is 1. The lowest BCUT2D eigenvalue weighted by Crippen LogP contribution is -2.16. The molecule has 0 aromatic carbocycles. The topological polar surface area (TPSA) is 79.9 Å². The van der Waals surface area contributed by atoms with E-state index in [9.17, 15) is 4.79 Å². The molecule has 86 valence electrons. The quantitative estimate of drug-likeness (QED) is 0.789. The third-order valence-corrected chi connectivity index (χ3v) is 3.29. The van der Waals surface area contributed by atoms with E-state index in [0.29, 0.717) is 11.9 Å². The first kappa shape index (κ1) is 9.62. The van der Waals surface area contributed by atoms with Crippen LogP contribution in [0.5, 0.6) is 6.01 Å². The van der Waals surface area contributed by atoms with Crippen molar-refractivity contribution in [1.82, 2.24) is 15.2 Å². The summed E-state index contributed by atoms with van der Waals surface area (Å²) in [4.78, 5) is 15.7. The van der Waals surface area contributed by atoms with Crippen molar-refractivity contribution in [2.75, 3.05) is 12.4 Å². The van der Waals surface area contributed by atoms with E-state index < -0.39 is 0 Å². The average Bonchev–Trinajstić information content (AvgIpc) is 3.14. The number of hydrogen-bond donors (Lipinski definition) is 2. The maximum absolute atomic E-state index is 11.8. The molecule has 2 N–H and O–H groups in total. The zero-order chi connectivity index (χ0) is 11.1. The summed E-state index contributed by atoms with van der Waals surface area (Å²) >= 11 is 0. The summed E-state index contributed by atoms with van der Waals surface area (Å²) in [6, 6.07) is 0.241. The van der Waals surface area contributed by atoms with Crippen molar-refractivity contribution in [1.29, 1.82) is 0 Å². The van der Waals surface area contributed by atoms with E-state index in [4.69, 9.17) is 4.74 Å². The molecule has 0 radical (unpaired) electrons. The molecule has 0 aliphatic heterocycles. The van der Waals surface area contributed by atoms with Crippen molar-refractivity contribution < 1.29 is 9.53 Å². The molecule has 0 bridgehead atoms. The van der Waals surface area contributed by atoms with Crippen molar-refractivity contribution in [2.24, 2.45) is 17.8 Å². The Balaban J connectivity index is 1.56. The van der Waals surface area contributed by atoms with Gasteiger partial charge in [0.05, 0.1) is 7.11 Å². The number of methoxy groups -OCH3 is 1. The minimum absolute atomic E-state index is 0.0516. The molecule has 3 rings (SSSR count). The normalized spacial score (nSPS) is 27.6. The number of carbonyl (C=O) groups excluding carboxylic acids is 1. The van der Waals surface area contributed by atoms with Crippen molar-refractivity contribution in [3.8, 4) is 6.01 Å². The standard InChI is InChI=1S/C10H14N4O2/c1-16-10-12-9(13-14-10)11-8(15)7-4-6(7)5-2-3-5/h5-7H,2-4H2,1H3,(H2,11,12,13,14,15)/t6-,7+/m1/s1. The van der Waals surface area contributed by atoms with Gasteiger partial charge in [-0.05, 0) is 31.1 Å². The van der Waals surface area contributed by atoms with Gasteiger partial charge in [-0.25, -0.2) is 5.10 Å². The number of aromatic amines is 1. The van der Waals surface area contributed by atoms with Crippen molar-refractivity contribution in [2.45, 2.75) is 19.3 Å². The predicted octanol–water partition coefficient (Wildman–Crippen LogP) is 0.798. The molecule has 1 amide bonds. The number of nitrogens with one attached hydrogen (secondary N) is 2. The molecular weight excluding hydrogens is 208 g/mol. The highest BCUT2D eigenvalue weighted by Crippen LogP contribution is 2.54. The van der Waals surface area contributed by atoms with E-state index in [-0.39, 0.29) is 17.8 Å². The lowest BCUT2D eigenvalue weighted by molar-refractivity contribution is -0.117. The second-order valence-electron chi connectivity index (χ2n) is 4.50. The summed E-state index contributed by atoms with van der Waals surface area (Å²) in [5, 5.41) is 9.10. The third-order valence-electron chi connectivity index (χ3n) is 3.29. The number of amides is 1. The van der Waals surface area contributed by atoms with Crippen molar-refractivity contribution >= 4 is 11.9 Å². The average molecular weight is 222 g/mol. The number of aromatic nitrogens is 3. The van der Waals surface area contributed by atoms with E-state index in [1.165, 1.54) is 20.0 Å². The summed E-state index contributed by atoms with van der Waals surface area (Å²) in [6.45, 7) is 0. The van der Waals surface area contributed by atoms with Crippen LogP contribution in [0, 0.1) is 17.8 Å². The van der Waals surface area contributed by atoms with Gasteiger partial charge in [0.25, 0.3) is 0 Å². The minimum Gasteiger partial charge on any atom is -0.466 e. The molecular formula is C10H14N4O2. The van der Waals surface area contributed by atoms with E-state index in [1.807, 2.05) is 0 Å². The van der Waals surface area contributed by atoms with Gasteiger partial charge in [0.2, 0.25) is 11.9 Å². The van der Waals surface area contributed by atoms with Gasteiger partial charge in [-0.1, -0.05) is 0 Å². The van der Waals surface area contributed by atoms with Crippen LogP contribution in [0.1, 0.15) is 19.3 Å². The number of hydrogen-bond acceptors (Lipinski definition) is 4. The van der Waals surface area contributed by atoms with Gasteiger partial charge >= 0.3 is 6.01 Å². The molecule has 2 saturated carbocycles. The van der Waals surface area contributed by atoms with Crippen LogP contribution in [-0.4, -0.2) is 28.2 Å². The Kier molecular flexibility index (Phi) is 2.08. The van der Waals surface area contributed by atoms with E-state index >= 15 is 0 Å². The zero-order valence-corrected chi connectivity index (χ0v) is 9.06. The van der Waals surface area contributed by atoms with Gasteiger partial charge in [0, 0.05) is 5.92 Å². The fourth-order valence-corrected chi connectivity index (χ4v) is 2.16. The highest BCUT2D eigenvalue weighted by Gasteiger charge is 2.51. The predicted molar refractivity (Wildman–Crippen MR) is 55.9 cm³/mol. The van der Waals surface area contributed by atoms with Crippen LogP contribution in [0.2, 0.25) is 0 Å². The maximum Gasteiger partial charge on any atom is 0.336 e. The molecule has 1 heterocycles. The Morgan fingerprint density at radius 3 is 3.00 bits per heavy atom. The summed E-state index contributed by atoms with van der Waals surface area (Å²) < 4.78 is 4.82. The summed E-state index contributed by atoms with van der Waals surface area (Å²) in [6.07, 6.45) is 3.62. The summed E-state index contributed by atoms with van der Waals surface area (Å²) in [7, 11) is 1.48. The lowest BCUT2D eigenvalue weighted by atomic mass is 10.2. The van der Waals surface area contributed by atoms with Crippen LogP contribution in [0.15, 0.2) is 0 Å². The Labute approximate surface area is 92.8 Å². The van der Waals surface area contributed by atoms with Crippen molar-refractivity contribution in [3.05, 3.63) is 0 Å². The van der Waals surface area contributed by atoms with E-state index in [0.717, 1.165) is 12.3 Å². The SMILES string of the molecule is COc1n[nH]c(NC(=O)[C@H]2C[C@@H]2C2CC2)n1. The molecule has 0 saturated heterocycles.